The van der Waals surface area contributed by atoms with Gasteiger partial charge in [0.25, 0.3) is 5.91 Å². The Hall–Kier alpha value is -2.41. The molecule has 1 aliphatic heterocycles. The quantitative estimate of drug-likeness (QED) is 0.311. The van der Waals surface area contributed by atoms with Gasteiger partial charge in [-0.05, 0) is 76.3 Å². The maximum atomic E-state index is 12.5. The minimum absolute atomic E-state index is 0.116. The highest BCUT2D eigenvalue weighted by Crippen LogP contribution is 2.37. The highest BCUT2D eigenvalue weighted by atomic mass is 79.9. The topological polar surface area (TPSA) is 50.4 Å². The lowest BCUT2D eigenvalue weighted by Crippen LogP contribution is -2.30. The van der Waals surface area contributed by atoms with E-state index in [9.17, 15) is 4.79 Å². The van der Waals surface area contributed by atoms with Crippen LogP contribution in [0.5, 0.6) is 5.75 Å². The van der Waals surface area contributed by atoms with Gasteiger partial charge in [0.2, 0.25) is 0 Å². The van der Waals surface area contributed by atoms with Crippen molar-refractivity contribution in [3.63, 3.8) is 0 Å². The van der Waals surface area contributed by atoms with Gasteiger partial charge in [0, 0.05) is 5.69 Å². The largest absolute Gasteiger partial charge is 0.486 e. The van der Waals surface area contributed by atoms with E-state index in [1.54, 1.807) is 0 Å². The summed E-state index contributed by atoms with van der Waals surface area (Å²) < 4.78 is 6.68. The van der Waals surface area contributed by atoms with Crippen LogP contribution in [0, 0.1) is 6.92 Å². The number of carbonyl (C=O) groups is 1. The molecule has 0 saturated carbocycles. The molecule has 0 spiro atoms. The van der Waals surface area contributed by atoms with Gasteiger partial charge < -0.3 is 15.4 Å². The second-order valence-corrected chi connectivity index (χ2v) is 10.2. The molecule has 4 rings (SSSR count). The molecule has 2 N–H and O–H groups in total. The van der Waals surface area contributed by atoms with Gasteiger partial charge in [0.15, 0.2) is 11.2 Å². The van der Waals surface area contributed by atoms with Crippen molar-refractivity contribution in [1.29, 1.82) is 0 Å². The summed E-state index contributed by atoms with van der Waals surface area (Å²) in [6, 6.07) is 20.1. The lowest BCUT2D eigenvalue weighted by molar-refractivity contribution is -0.116. The maximum Gasteiger partial charge on any atom is 0.260 e. The van der Waals surface area contributed by atoms with Crippen LogP contribution in [-0.4, -0.2) is 11.4 Å². The molecule has 3 aromatic carbocycles. The summed E-state index contributed by atoms with van der Waals surface area (Å²) in [6.07, 6.45) is 2.83. The smallest absolute Gasteiger partial charge is 0.260 e. The predicted molar refractivity (Wildman–Crippen MR) is 142 cm³/mol. The first kappa shape index (κ1) is 23.7. The Bertz CT molecular complexity index is 1160. The van der Waals surface area contributed by atoms with E-state index in [0.717, 1.165) is 27.7 Å². The van der Waals surface area contributed by atoms with Crippen LogP contribution in [0.2, 0.25) is 5.02 Å². The molecule has 1 atom stereocenters. The zero-order chi connectivity index (χ0) is 23.4. The molecule has 1 saturated heterocycles. The molecular formula is C26H24BrClN2O2S. The number of halogens is 2. The second kappa shape index (κ2) is 10.7. The number of aryl methyl sites for hydroxylation is 2. The van der Waals surface area contributed by atoms with E-state index in [1.165, 1.54) is 22.9 Å². The highest BCUT2D eigenvalue weighted by molar-refractivity contribution is 9.10. The molecule has 0 aliphatic carbocycles. The SMILES string of the molecule is CCc1ccc(N[C@@H]2NC(=O)/C(=C/c3cc(Cl)c(OCc4ccc(C)cc4)c(Br)c3)S2)cc1. The minimum Gasteiger partial charge on any atom is -0.486 e. The van der Waals surface area contributed by atoms with E-state index in [0.29, 0.717) is 22.3 Å². The molecule has 1 heterocycles. The number of anilines is 1. The van der Waals surface area contributed by atoms with Crippen LogP contribution in [-0.2, 0) is 17.8 Å². The lowest BCUT2D eigenvalue weighted by atomic mass is 10.1. The van der Waals surface area contributed by atoms with Crippen molar-refractivity contribution >= 4 is 57.0 Å². The van der Waals surface area contributed by atoms with E-state index < -0.39 is 0 Å². The van der Waals surface area contributed by atoms with E-state index >= 15 is 0 Å². The van der Waals surface area contributed by atoms with Crippen molar-refractivity contribution in [2.75, 3.05) is 5.32 Å². The molecule has 0 aromatic heterocycles. The van der Waals surface area contributed by atoms with Crippen molar-refractivity contribution in [1.82, 2.24) is 5.32 Å². The van der Waals surface area contributed by atoms with E-state index in [4.69, 9.17) is 16.3 Å². The molecule has 4 nitrogen and oxygen atoms in total. The van der Waals surface area contributed by atoms with Crippen LogP contribution >= 0.6 is 39.3 Å². The molecule has 1 aliphatic rings. The number of benzene rings is 3. The third-order valence-corrected chi connectivity index (χ3v) is 7.11. The molecule has 1 fully saturated rings. The van der Waals surface area contributed by atoms with E-state index in [-0.39, 0.29) is 11.4 Å². The monoisotopic (exact) mass is 542 g/mol. The Balaban J connectivity index is 1.43. The normalized spacial score (nSPS) is 16.7. The molecule has 7 heteroatoms. The number of hydrogen-bond donors (Lipinski definition) is 2. The van der Waals surface area contributed by atoms with Crippen LogP contribution in [0.4, 0.5) is 5.69 Å². The Morgan fingerprint density at radius 1 is 1.12 bits per heavy atom. The average molecular weight is 544 g/mol. The Labute approximate surface area is 211 Å². The minimum atomic E-state index is -0.229. The van der Waals surface area contributed by atoms with Gasteiger partial charge in [-0.3, -0.25) is 4.79 Å². The zero-order valence-corrected chi connectivity index (χ0v) is 21.5. The number of nitrogens with one attached hydrogen (secondary N) is 2. The van der Waals surface area contributed by atoms with Crippen LogP contribution in [0.1, 0.15) is 29.2 Å². The maximum absolute atomic E-state index is 12.5. The van der Waals surface area contributed by atoms with Gasteiger partial charge in [-0.1, -0.05) is 72.2 Å². The summed E-state index contributed by atoms with van der Waals surface area (Å²) in [5.74, 6) is 0.465. The standard InChI is InChI=1S/C26H24BrClN2O2S/c1-3-17-8-10-20(11-9-17)29-26-30-25(31)23(33-26)14-19-12-21(27)24(22(28)13-19)32-15-18-6-4-16(2)5-7-18/h4-14,26,29H,3,15H2,1-2H3,(H,30,31)/b23-14-/t26-/m1/s1. The van der Waals surface area contributed by atoms with Crippen LogP contribution in [0.3, 0.4) is 0 Å². The fraction of sp³-hybridized carbons (Fsp3) is 0.192. The fourth-order valence-corrected chi connectivity index (χ4v) is 5.32. The molecule has 33 heavy (non-hydrogen) atoms. The Kier molecular flexibility index (Phi) is 7.68. The summed E-state index contributed by atoms with van der Waals surface area (Å²) in [5.41, 5.74) is 5.10. The summed E-state index contributed by atoms with van der Waals surface area (Å²) in [5, 5.41) is 6.78. The summed E-state index contributed by atoms with van der Waals surface area (Å²) in [7, 11) is 0. The summed E-state index contributed by atoms with van der Waals surface area (Å²) in [6.45, 7) is 4.60. The number of rotatable bonds is 7. The first-order chi connectivity index (χ1) is 15.9. The molecule has 0 bridgehead atoms. The first-order valence-corrected chi connectivity index (χ1v) is 12.7. The van der Waals surface area contributed by atoms with Crippen molar-refractivity contribution in [2.24, 2.45) is 0 Å². The van der Waals surface area contributed by atoms with Crippen LogP contribution in [0.15, 0.2) is 70.0 Å². The molecule has 0 unspecified atom stereocenters. The van der Waals surface area contributed by atoms with Crippen molar-refractivity contribution < 1.29 is 9.53 Å². The zero-order valence-electron chi connectivity index (χ0n) is 18.3. The Morgan fingerprint density at radius 3 is 2.48 bits per heavy atom. The summed E-state index contributed by atoms with van der Waals surface area (Å²) in [4.78, 5) is 13.1. The third kappa shape index (κ3) is 6.14. The lowest BCUT2D eigenvalue weighted by Gasteiger charge is -2.13. The van der Waals surface area contributed by atoms with Gasteiger partial charge in [-0.15, -0.1) is 0 Å². The number of ether oxygens (including phenoxy) is 1. The van der Waals surface area contributed by atoms with Crippen molar-refractivity contribution in [3.05, 3.63) is 97.3 Å². The van der Waals surface area contributed by atoms with Gasteiger partial charge in [0.1, 0.15) is 6.61 Å². The van der Waals surface area contributed by atoms with Crippen molar-refractivity contribution in [3.8, 4) is 5.75 Å². The molecular weight excluding hydrogens is 520 g/mol. The van der Waals surface area contributed by atoms with Crippen molar-refractivity contribution in [2.45, 2.75) is 32.4 Å². The van der Waals surface area contributed by atoms with Gasteiger partial charge in [-0.25, -0.2) is 0 Å². The number of hydrogen-bond acceptors (Lipinski definition) is 4. The second-order valence-electron chi connectivity index (χ2n) is 7.76. The van der Waals surface area contributed by atoms with Gasteiger partial charge in [-0.2, -0.15) is 0 Å². The predicted octanol–water partition coefficient (Wildman–Crippen LogP) is 7.15. The first-order valence-electron chi connectivity index (χ1n) is 10.6. The van der Waals surface area contributed by atoms with Crippen LogP contribution in [0.25, 0.3) is 6.08 Å². The van der Waals surface area contributed by atoms with Gasteiger partial charge >= 0.3 is 0 Å². The summed E-state index contributed by atoms with van der Waals surface area (Å²) >= 11 is 11.5. The number of amides is 1. The average Bonchev–Trinajstić information content (AvgIpc) is 3.13. The number of carbonyl (C=O) groups excluding carboxylic acids is 1. The fourth-order valence-electron chi connectivity index (χ4n) is 3.35. The Morgan fingerprint density at radius 2 is 1.82 bits per heavy atom. The molecule has 1 amide bonds. The molecule has 170 valence electrons. The highest BCUT2D eigenvalue weighted by Gasteiger charge is 2.27. The van der Waals surface area contributed by atoms with E-state index in [1.807, 2.05) is 42.5 Å². The van der Waals surface area contributed by atoms with E-state index in [2.05, 4.69) is 64.7 Å². The third-order valence-electron chi connectivity index (χ3n) is 5.21. The van der Waals surface area contributed by atoms with Crippen LogP contribution < -0.4 is 15.4 Å². The number of thioether (sulfide) groups is 1. The molecule has 3 aromatic rings. The molecule has 0 radical (unpaired) electrons. The van der Waals surface area contributed by atoms with Gasteiger partial charge in [0.05, 0.1) is 14.4 Å².